The molecule has 2 heterocycles. The highest BCUT2D eigenvalue weighted by molar-refractivity contribution is 5.89. The van der Waals surface area contributed by atoms with Crippen LogP contribution < -0.4 is 16.2 Å². The number of fused-ring (bicyclic) bond motifs is 1. The summed E-state index contributed by atoms with van der Waals surface area (Å²) in [6.45, 7) is 2.14. The van der Waals surface area contributed by atoms with Crippen molar-refractivity contribution in [3.8, 4) is 0 Å². The molecule has 0 aliphatic carbocycles. The minimum absolute atomic E-state index is 0.346. The number of rotatable bonds is 4. The highest BCUT2D eigenvalue weighted by Gasteiger charge is 2.14. The van der Waals surface area contributed by atoms with Gasteiger partial charge in [-0.05, 0) is 24.1 Å². The summed E-state index contributed by atoms with van der Waals surface area (Å²) in [6.07, 6.45) is 2.73. The number of nitrogens with zero attached hydrogens (tertiary/aromatic N) is 4. The molecule has 2 aromatic heterocycles. The molecule has 3 rings (SSSR count). The molecule has 0 spiro atoms. The molecule has 7 heteroatoms. The lowest BCUT2D eigenvalue weighted by Crippen LogP contribution is -2.16. The highest BCUT2D eigenvalue weighted by atomic mass is 15.3. The Balaban J connectivity index is 2.07. The summed E-state index contributed by atoms with van der Waals surface area (Å²) in [5.41, 5.74) is 5.46. The molecule has 3 aromatic rings. The number of aryl methyl sites for hydroxylation is 1. The maximum absolute atomic E-state index is 5.43. The van der Waals surface area contributed by atoms with Gasteiger partial charge in [0.05, 0.1) is 11.6 Å². The predicted octanol–water partition coefficient (Wildman–Crippen LogP) is 1.97. The average Bonchev–Trinajstić information content (AvgIpc) is 3.01. The van der Waals surface area contributed by atoms with Crippen molar-refractivity contribution < 1.29 is 0 Å². The first-order valence-corrected chi connectivity index (χ1v) is 6.73. The molecule has 0 saturated heterocycles. The Kier molecular flexibility index (Phi) is 3.41. The van der Waals surface area contributed by atoms with Gasteiger partial charge >= 0.3 is 0 Å². The lowest BCUT2D eigenvalue weighted by molar-refractivity contribution is 1.06. The number of H-pyrrole nitrogens is 1. The number of nitrogen functional groups attached to an aromatic ring is 1. The second-order valence-electron chi connectivity index (χ2n) is 4.73. The number of aromatic amines is 1. The Bertz CT molecular complexity index is 748. The van der Waals surface area contributed by atoms with Gasteiger partial charge in [0.25, 0.3) is 0 Å². The number of hydrazine groups is 1. The Hall–Kier alpha value is -2.67. The predicted molar refractivity (Wildman–Crippen MR) is 83.4 cm³/mol. The normalized spacial score (nSPS) is 10.8. The average molecular weight is 283 g/mol. The lowest BCUT2D eigenvalue weighted by atomic mass is 10.1. The lowest BCUT2D eigenvalue weighted by Gasteiger charge is -2.19. The van der Waals surface area contributed by atoms with Crippen molar-refractivity contribution in [2.75, 3.05) is 17.4 Å². The van der Waals surface area contributed by atoms with Crippen LogP contribution in [0.2, 0.25) is 0 Å². The molecule has 4 N–H and O–H groups in total. The van der Waals surface area contributed by atoms with Crippen LogP contribution >= 0.6 is 0 Å². The van der Waals surface area contributed by atoms with E-state index in [0.29, 0.717) is 11.6 Å². The first-order valence-electron chi connectivity index (χ1n) is 6.73. The smallest absolute Gasteiger partial charge is 0.241 e. The van der Waals surface area contributed by atoms with Gasteiger partial charge in [0.15, 0.2) is 5.65 Å². The van der Waals surface area contributed by atoms with Crippen molar-refractivity contribution in [1.82, 2.24) is 20.2 Å². The molecular weight excluding hydrogens is 266 g/mol. The Morgan fingerprint density at radius 1 is 1.24 bits per heavy atom. The monoisotopic (exact) mass is 283 g/mol. The van der Waals surface area contributed by atoms with Gasteiger partial charge in [-0.15, -0.1) is 0 Å². The number of nitrogens with one attached hydrogen (secondary N) is 2. The molecular formula is C14H17N7. The quantitative estimate of drug-likeness (QED) is 0.500. The zero-order chi connectivity index (χ0) is 14.8. The van der Waals surface area contributed by atoms with Crippen molar-refractivity contribution in [2.24, 2.45) is 5.84 Å². The minimum Gasteiger partial charge on any atom is -0.329 e. The Morgan fingerprint density at radius 2 is 2.00 bits per heavy atom. The Morgan fingerprint density at radius 3 is 2.67 bits per heavy atom. The molecule has 7 nitrogen and oxygen atoms in total. The van der Waals surface area contributed by atoms with Gasteiger partial charge in [0.1, 0.15) is 5.82 Å². The third kappa shape index (κ3) is 2.38. The Labute approximate surface area is 122 Å². The fourth-order valence-electron chi connectivity index (χ4n) is 2.22. The molecule has 0 atom stereocenters. The largest absolute Gasteiger partial charge is 0.329 e. The molecule has 0 aliphatic heterocycles. The molecule has 108 valence electrons. The van der Waals surface area contributed by atoms with Crippen LogP contribution in [-0.2, 0) is 6.42 Å². The van der Waals surface area contributed by atoms with Gasteiger partial charge in [-0.25, -0.2) is 5.84 Å². The molecule has 0 unspecified atom stereocenters. The van der Waals surface area contributed by atoms with E-state index in [1.807, 2.05) is 11.9 Å². The van der Waals surface area contributed by atoms with Gasteiger partial charge in [-0.3, -0.25) is 10.5 Å². The van der Waals surface area contributed by atoms with Crippen LogP contribution in [0.1, 0.15) is 12.5 Å². The van der Waals surface area contributed by atoms with Crippen molar-refractivity contribution >= 4 is 28.5 Å². The summed E-state index contributed by atoms with van der Waals surface area (Å²) in [5.74, 6) is 6.52. The third-order valence-electron chi connectivity index (χ3n) is 3.47. The number of benzene rings is 1. The van der Waals surface area contributed by atoms with Gasteiger partial charge < -0.3 is 4.90 Å². The molecule has 0 aliphatic rings. The number of nitrogens with two attached hydrogens (primary N) is 1. The van der Waals surface area contributed by atoms with Crippen LogP contribution in [-0.4, -0.2) is 27.2 Å². The van der Waals surface area contributed by atoms with Gasteiger partial charge in [0, 0.05) is 12.7 Å². The standard InChI is InChI=1S/C14H17N7/c1-3-9-4-6-10(7-5-9)21(2)13-11-8-16-20-12(11)17-14(18-13)19-15/h4-8H,3,15H2,1-2H3,(H2,16,17,18,19,20). The summed E-state index contributed by atoms with van der Waals surface area (Å²) in [4.78, 5) is 10.6. The maximum atomic E-state index is 5.43. The molecule has 0 saturated carbocycles. The van der Waals surface area contributed by atoms with Crippen LogP contribution in [0.3, 0.4) is 0 Å². The zero-order valence-electron chi connectivity index (χ0n) is 12.0. The highest BCUT2D eigenvalue weighted by Crippen LogP contribution is 2.28. The van der Waals surface area contributed by atoms with E-state index in [2.05, 4.69) is 56.8 Å². The molecule has 0 fully saturated rings. The van der Waals surface area contributed by atoms with E-state index in [1.165, 1.54) is 5.56 Å². The summed E-state index contributed by atoms with van der Waals surface area (Å²) < 4.78 is 0. The molecule has 0 bridgehead atoms. The van der Waals surface area contributed by atoms with Gasteiger partial charge in [-0.2, -0.15) is 15.1 Å². The fourth-order valence-corrected chi connectivity index (χ4v) is 2.22. The van der Waals surface area contributed by atoms with Crippen LogP contribution in [0.25, 0.3) is 11.0 Å². The van der Waals surface area contributed by atoms with Crippen LogP contribution in [0.4, 0.5) is 17.5 Å². The third-order valence-corrected chi connectivity index (χ3v) is 3.47. The summed E-state index contributed by atoms with van der Waals surface area (Å²) in [6, 6.07) is 8.37. The number of anilines is 3. The minimum atomic E-state index is 0.346. The van der Waals surface area contributed by atoms with Crippen molar-refractivity contribution in [3.05, 3.63) is 36.0 Å². The molecule has 21 heavy (non-hydrogen) atoms. The number of hydrogen-bond acceptors (Lipinski definition) is 6. The van der Waals surface area contributed by atoms with E-state index >= 15 is 0 Å². The summed E-state index contributed by atoms with van der Waals surface area (Å²) in [5, 5.41) is 7.70. The van der Waals surface area contributed by atoms with E-state index in [9.17, 15) is 0 Å². The molecule has 0 amide bonds. The van der Waals surface area contributed by atoms with Gasteiger partial charge in [0.2, 0.25) is 5.95 Å². The van der Waals surface area contributed by atoms with Crippen LogP contribution in [0.15, 0.2) is 30.5 Å². The van der Waals surface area contributed by atoms with E-state index in [1.54, 1.807) is 6.20 Å². The van der Waals surface area contributed by atoms with E-state index in [-0.39, 0.29) is 0 Å². The van der Waals surface area contributed by atoms with Crippen molar-refractivity contribution in [2.45, 2.75) is 13.3 Å². The van der Waals surface area contributed by atoms with Crippen molar-refractivity contribution in [3.63, 3.8) is 0 Å². The number of aromatic nitrogens is 4. The van der Waals surface area contributed by atoms with Crippen LogP contribution in [0, 0.1) is 0 Å². The second-order valence-corrected chi connectivity index (χ2v) is 4.73. The summed E-state index contributed by atoms with van der Waals surface area (Å²) >= 11 is 0. The van der Waals surface area contributed by atoms with Crippen LogP contribution in [0.5, 0.6) is 0 Å². The first kappa shape index (κ1) is 13.3. The van der Waals surface area contributed by atoms with E-state index in [4.69, 9.17) is 5.84 Å². The number of hydrogen-bond donors (Lipinski definition) is 3. The molecule has 1 aromatic carbocycles. The molecule has 0 radical (unpaired) electrons. The topological polar surface area (TPSA) is 95.8 Å². The second kappa shape index (κ2) is 5.37. The maximum Gasteiger partial charge on any atom is 0.241 e. The van der Waals surface area contributed by atoms with E-state index in [0.717, 1.165) is 23.3 Å². The van der Waals surface area contributed by atoms with Crippen molar-refractivity contribution in [1.29, 1.82) is 0 Å². The fraction of sp³-hybridized carbons (Fsp3) is 0.214. The SMILES string of the molecule is CCc1ccc(N(C)c2nc(NN)nc3[nH]ncc23)cc1. The zero-order valence-corrected chi connectivity index (χ0v) is 12.0. The van der Waals surface area contributed by atoms with Gasteiger partial charge in [-0.1, -0.05) is 19.1 Å². The summed E-state index contributed by atoms with van der Waals surface area (Å²) in [7, 11) is 1.95. The van der Waals surface area contributed by atoms with E-state index < -0.39 is 0 Å². The first-order chi connectivity index (χ1) is 10.2.